The zero-order valence-electron chi connectivity index (χ0n) is 12.9. The largest absolute Gasteiger partial charge is 0.444 e. The van der Waals surface area contributed by atoms with Crippen molar-refractivity contribution in [2.24, 2.45) is 0 Å². The highest BCUT2D eigenvalue weighted by Gasteiger charge is 2.34. The second-order valence-corrected chi connectivity index (χ2v) is 6.62. The lowest BCUT2D eigenvalue weighted by atomic mass is 10.1. The first kappa shape index (κ1) is 15.3. The van der Waals surface area contributed by atoms with Crippen LogP contribution < -0.4 is 0 Å². The van der Waals surface area contributed by atoms with Crippen molar-refractivity contribution in [1.82, 2.24) is 9.80 Å². The van der Waals surface area contributed by atoms with Crippen molar-refractivity contribution in [3.05, 3.63) is 0 Å². The summed E-state index contributed by atoms with van der Waals surface area (Å²) in [4.78, 5) is 16.4. The fourth-order valence-electron chi connectivity index (χ4n) is 2.83. The summed E-state index contributed by atoms with van der Waals surface area (Å²) in [5, 5.41) is 0. The topological polar surface area (TPSA) is 32.8 Å². The quantitative estimate of drug-likeness (QED) is 0.723. The molecule has 1 amide bonds. The van der Waals surface area contributed by atoms with Crippen molar-refractivity contribution >= 4 is 6.09 Å². The summed E-state index contributed by atoms with van der Waals surface area (Å²) in [6, 6.07) is 1.26. The van der Waals surface area contributed by atoms with Crippen LogP contribution in [0.5, 0.6) is 0 Å². The van der Waals surface area contributed by atoms with Crippen LogP contribution >= 0.6 is 0 Å². The zero-order chi connectivity index (χ0) is 14.1. The van der Waals surface area contributed by atoms with Gasteiger partial charge in [-0.1, -0.05) is 0 Å². The fourth-order valence-corrected chi connectivity index (χ4v) is 2.83. The van der Waals surface area contributed by atoms with Gasteiger partial charge in [-0.15, -0.1) is 0 Å². The summed E-state index contributed by atoms with van der Waals surface area (Å²) < 4.78 is 5.44. The number of nitrogens with zero attached hydrogens (tertiary/aromatic N) is 2. The molecular weight excluding hydrogens is 228 g/mol. The minimum absolute atomic E-state index is 0.190. The third kappa shape index (κ3) is 3.87. The lowest BCUT2D eigenvalue weighted by Gasteiger charge is -2.46. The number of amides is 1. The molecule has 1 heterocycles. The van der Waals surface area contributed by atoms with Gasteiger partial charge in [0.1, 0.15) is 5.60 Å². The molecule has 0 bridgehead atoms. The van der Waals surface area contributed by atoms with Crippen molar-refractivity contribution in [2.75, 3.05) is 13.1 Å². The molecule has 0 unspecified atom stereocenters. The SMILES string of the molecule is CC(C)N1[C@@H](C)CN(C(=O)OC(C)(C)C)C[C@@H]1C. The Morgan fingerprint density at radius 1 is 1.17 bits per heavy atom. The van der Waals surface area contributed by atoms with Crippen LogP contribution in [0, 0.1) is 0 Å². The van der Waals surface area contributed by atoms with Crippen LogP contribution in [0.4, 0.5) is 4.79 Å². The molecular formula is C14H28N2O2. The molecule has 1 saturated heterocycles. The molecule has 1 aliphatic heterocycles. The average molecular weight is 256 g/mol. The molecule has 18 heavy (non-hydrogen) atoms. The van der Waals surface area contributed by atoms with Crippen molar-refractivity contribution in [3.63, 3.8) is 0 Å². The molecule has 1 fully saturated rings. The molecule has 0 aromatic carbocycles. The number of carbonyl (C=O) groups is 1. The Labute approximate surface area is 111 Å². The molecule has 0 aromatic rings. The Morgan fingerprint density at radius 3 is 1.94 bits per heavy atom. The lowest BCUT2D eigenvalue weighted by molar-refractivity contribution is -0.0160. The van der Waals surface area contributed by atoms with E-state index < -0.39 is 5.60 Å². The molecule has 0 aromatic heterocycles. The molecule has 0 N–H and O–H groups in total. The van der Waals surface area contributed by atoms with E-state index in [1.54, 1.807) is 0 Å². The summed E-state index contributed by atoms with van der Waals surface area (Å²) >= 11 is 0. The smallest absolute Gasteiger partial charge is 0.410 e. The minimum Gasteiger partial charge on any atom is -0.444 e. The molecule has 4 nitrogen and oxygen atoms in total. The van der Waals surface area contributed by atoms with E-state index in [1.807, 2.05) is 25.7 Å². The first-order valence-corrected chi connectivity index (χ1v) is 6.87. The highest BCUT2D eigenvalue weighted by atomic mass is 16.6. The van der Waals surface area contributed by atoms with E-state index in [4.69, 9.17) is 4.74 Å². The van der Waals surface area contributed by atoms with E-state index >= 15 is 0 Å². The van der Waals surface area contributed by atoms with Gasteiger partial charge in [-0.3, -0.25) is 4.90 Å². The van der Waals surface area contributed by atoms with E-state index in [-0.39, 0.29) is 6.09 Å². The van der Waals surface area contributed by atoms with Crippen LogP contribution in [0.1, 0.15) is 48.5 Å². The summed E-state index contributed by atoms with van der Waals surface area (Å²) in [6.45, 7) is 16.0. The Balaban J connectivity index is 2.65. The van der Waals surface area contributed by atoms with E-state index in [0.717, 1.165) is 13.1 Å². The van der Waals surface area contributed by atoms with Crippen molar-refractivity contribution in [2.45, 2.75) is 72.2 Å². The van der Waals surface area contributed by atoms with Crippen LogP contribution in [0.15, 0.2) is 0 Å². The second kappa shape index (κ2) is 5.47. The molecule has 1 rings (SSSR count). The van der Waals surface area contributed by atoms with Gasteiger partial charge in [-0.05, 0) is 48.5 Å². The van der Waals surface area contributed by atoms with Gasteiger partial charge in [0, 0.05) is 31.2 Å². The number of hydrogen-bond acceptors (Lipinski definition) is 3. The van der Waals surface area contributed by atoms with Crippen LogP contribution in [0.25, 0.3) is 0 Å². The Kier molecular flexibility index (Phi) is 4.65. The van der Waals surface area contributed by atoms with Gasteiger partial charge in [0.05, 0.1) is 0 Å². The summed E-state index contributed by atoms with van der Waals surface area (Å²) in [6.07, 6.45) is -0.190. The fraction of sp³-hybridized carbons (Fsp3) is 0.929. The zero-order valence-corrected chi connectivity index (χ0v) is 12.9. The summed E-state index contributed by atoms with van der Waals surface area (Å²) in [7, 11) is 0. The van der Waals surface area contributed by atoms with Crippen molar-refractivity contribution < 1.29 is 9.53 Å². The van der Waals surface area contributed by atoms with Gasteiger partial charge in [-0.25, -0.2) is 4.79 Å². The lowest BCUT2D eigenvalue weighted by Crippen LogP contribution is -2.60. The Hall–Kier alpha value is -0.770. The van der Waals surface area contributed by atoms with E-state index in [0.29, 0.717) is 18.1 Å². The molecule has 0 aliphatic carbocycles. The van der Waals surface area contributed by atoms with Gasteiger partial charge < -0.3 is 9.64 Å². The maximum Gasteiger partial charge on any atom is 0.410 e. The predicted octanol–water partition coefficient (Wildman–Crippen LogP) is 2.72. The monoisotopic (exact) mass is 256 g/mol. The standard InChI is InChI=1S/C14H28N2O2/c1-10(2)16-11(3)8-15(9-12(16)4)13(17)18-14(5,6)7/h10-12H,8-9H2,1-7H3/t11-,12-/m0/s1. The first-order chi connectivity index (χ1) is 8.11. The number of rotatable bonds is 1. The van der Waals surface area contributed by atoms with Gasteiger partial charge in [0.15, 0.2) is 0 Å². The Bertz CT molecular complexity index is 285. The van der Waals surface area contributed by atoms with Crippen molar-refractivity contribution in [1.29, 1.82) is 0 Å². The average Bonchev–Trinajstić information content (AvgIpc) is 2.12. The normalized spacial score (nSPS) is 26.6. The molecule has 2 atom stereocenters. The highest BCUT2D eigenvalue weighted by Crippen LogP contribution is 2.20. The highest BCUT2D eigenvalue weighted by molar-refractivity contribution is 5.68. The minimum atomic E-state index is -0.418. The number of ether oxygens (including phenoxy) is 1. The third-order valence-corrected chi connectivity index (χ3v) is 3.24. The number of hydrogen-bond donors (Lipinski definition) is 0. The molecule has 0 saturated carbocycles. The van der Waals surface area contributed by atoms with Crippen LogP contribution in [-0.2, 0) is 4.74 Å². The maximum absolute atomic E-state index is 12.1. The molecule has 0 radical (unpaired) electrons. The maximum atomic E-state index is 12.1. The Morgan fingerprint density at radius 2 is 1.61 bits per heavy atom. The first-order valence-electron chi connectivity index (χ1n) is 6.87. The molecule has 0 spiro atoms. The second-order valence-electron chi connectivity index (χ2n) is 6.62. The van der Waals surface area contributed by atoms with Gasteiger partial charge >= 0.3 is 6.09 Å². The molecule has 106 valence electrons. The third-order valence-electron chi connectivity index (χ3n) is 3.24. The van der Waals surface area contributed by atoms with Crippen LogP contribution in [0.3, 0.4) is 0 Å². The number of piperazine rings is 1. The van der Waals surface area contributed by atoms with Crippen LogP contribution in [0.2, 0.25) is 0 Å². The summed E-state index contributed by atoms with van der Waals surface area (Å²) in [5.41, 5.74) is -0.418. The van der Waals surface area contributed by atoms with E-state index in [1.165, 1.54) is 0 Å². The van der Waals surface area contributed by atoms with Crippen LogP contribution in [-0.4, -0.2) is 52.7 Å². The van der Waals surface area contributed by atoms with E-state index in [9.17, 15) is 4.79 Å². The molecule has 4 heteroatoms. The van der Waals surface area contributed by atoms with Gasteiger partial charge in [0.25, 0.3) is 0 Å². The molecule has 1 aliphatic rings. The summed E-state index contributed by atoms with van der Waals surface area (Å²) in [5.74, 6) is 0. The van der Waals surface area contributed by atoms with Crippen molar-refractivity contribution in [3.8, 4) is 0 Å². The van der Waals surface area contributed by atoms with Gasteiger partial charge in [-0.2, -0.15) is 0 Å². The van der Waals surface area contributed by atoms with E-state index in [2.05, 4.69) is 32.6 Å². The predicted molar refractivity (Wildman–Crippen MR) is 73.7 cm³/mol. The van der Waals surface area contributed by atoms with Gasteiger partial charge in [0.2, 0.25) is 0 Å². The number of carbonyl (C=O) groups excluding carboxylic acids is 1.